The van der Waals surface area contributed by atoms with Gasteiger partial charge in [-0.25, -0.2) is 0 Å². The Labute approximate surface area is 124 Å². The lowest BCUT2D eigenvalue weighted by molar-refractivity contribution is 0.271. The van der Waals surface area contributed by atoms with E-state index < -0.39 is 0 Å². The molecule has 0 saturated heterocycles. The monoisotopic (exact) mass is 291 g/mol. The van der Waals surface area contributed by atoms with Crippen molar-refractivity contribution in [1.29, 1.82) is 0 Å². The van der Waals surface area contributed by atoms with Crippen LogP contribution in [0.5, 0.6) is 0 Å². The predicted octanol–water partition coefficient (Wildman–Crippen LogP) is 3.51. The second-order valence-electron chi connectivity index (χ2n) is 5.28. The molecule has 0 aliphatic carbocycles. The maximum Gasteiger partial charge on any atom is 0.246 e. The fourth-order valence-corrected chi connectivity index (χ4v) is 2.79. The summed E-state index contributed by atoms with van der Waals surface area (Å²) in [6, 6.07) is 8.42. The summed E-state index contributed by atoms with van der Waals surface area (Å²) < 4.78 is 5.36. The fraction of sp³-hybridized carbons (Fsp3) is 0.467. The Kier molecular flexibility index (Phi) is 4.83. The molecular formula is C15H21N3OS. The van der Waals surface area contributed by atoms with Gasteiger partial charge in [-0.2, -0.15) is 4.98 Å². The van der Waals surface area contributed by atoms with Crippen LogP contribution in [0.2, 0.25) is 0 Å². The van der Waals surface area contributed by atoms with Crippen LogP contribution in [0, 0.1) is 6.92 Å². The molecule has 2 rings (SSSR count). The van der Waals surface area contributed by atoms with Crippen molar-refractivity contribution in [3.63, 3.8) is 0 Å². The number of nitrogens with one attached hydrogen (secondary N) is 1. The third kappa shape index (κ3) is 3.84. The van der Waals surface area contributed by atoms with Gasteiger partial charge in [0.15, 0.2) is 5.82 Å². The molecule has 0 saturated carbocycles. The van der Waals surface area contributed by atoms with E-state index in [0.717, 1.165) is 18.1 Å². The van der Waals surface area contributed by atoms with Crippen LogP contribution in [0.15, 0.2) is 33.7 Å². The van der Waals surface area contributed by atoms with Crippen molar-refractivity contribution >= 4 is 11.8 Å². The Morgan fingerprint density at radius 1 is 1.35 bits per heavy atom. The minimum Gasteiger partial charge on any atom is -0.337 e. The molecule has 0 unspecified atom stereocenters. The summed E-state index contributed by atoms with van der Waals surface area (Å²) in [5, 5.41) is 7.38. The number of aryl methyl sites for hydroxylation is 1. The lowest BCUT2D eigenvalue weighted by Crippen LogP contribution is -2.36. The molecule has 0 radical (unpaired) electrons. The summed E-state index contributed by atoms with van der Waals surface area (Å²) in [6.45, 7) is 9.10. The number of aromatic nitrogens is 2. The van der Waals surface area contributed by atoms with Gasteiger partial charge in [0.05, 0.1) is 11.3 Å². The average molecular weight is 291 g/mol. The van der Waals surface area contributed by atoms with Crippen LogP contribution >= 0.6 is 11.8 Å². The number of hydrogen-bond acceptors (Lipinski definition) is 5. The minimum atomic E-state index is -0.284. The van der Waals surface area contributed by atoms with E-state index in [2.05, 4.69) is 53.6 Å². The Hall–Kier alpha value is -1.33. The lowest BCUT2D eigenvalue weighted by atomic mass is 10.1. The number of thioether (sulfide) groups is 1. The Morgan fingerprint density at radius 3 is 2.85 bits per heavy atom. The maximum atomic E-state index is 5.36. The molecule has 1 N–H and O–H groups in total. The molecule has 1 aromatic heterocycles. The van der Waals surface area contributed by atoms with Crippen LogP contribution in [0.4, 0.5) is 0 Å². The van der Waals surface area contributed by atoms with Crippen LogP contribution < -0.4 is 5.32 Å². The molecule has 0 aliphatic heterocycles. The molecule has 5 heteroatoms. The van der Waals surface area contributed by atoms with Gasteiger partial charge in [0.2, 0.25) is 5.89 Å². The highest BCUT2D eigenvalue weighted by Gasteiger charge is 2.26. The topological polar surface area (TPSA) is 51.0 Å². The number of benzene rings is 1. The van der Waals surface area contributed by atoms with Crippen LogP contribution in [0.3, 0.4) is 0 Å². The molecule has 2 aromatic rings. The molecule has 20 heavy (non-hydrogen) atoms. The smallest absolute Gasteiger partial charge is 0.246 e. The predicted molar refractivity (Wildman–Crippen MR) is 81.7 cm³/mol. The van der Waals surface area contributed by atoms with Gasteiger partial charge in [-0.05, 0) is 39.4 Å². The summed E-state index contributed by atoms with van der Waals surface area (Å²) in [5.74, 6) is 2.09. The molecular weight excluding hydrogens is 270 g/mol. The Balaban J connectivity index is 2.00. The molecule has 0 bridgehead atoms. The number of rotatable bonds is 6. The van der Waals surface area contributed by atoms with Crippen LogP contribution in [0.25, 0.3) is 0 Å². The Bertz CT molecular complexity index is 566. The lowest BCUT2D eigenvalue weighted by Gasteiger charge is -2.20. The SMILES string of the molecule is CCNC(C)(C)c1nc(CSc2cccc(C)c2)no1. The molecule has 1 heterocycles. The average Bonchev–Trinajstić information content (AvgIpc) is 2.86. The van der Waals surface area contributed by atoms with Crippen LogP contribution in [-0.4, -0.2) is 16.7 Å². The largest absolute Gasteiger partial charge is 0.337 e. The van der Waals surface area contributed by atoms with Gasteiger partial charge >= 0.3 is 0 Å². The second kappa shape index (κ2) is 6.41. The molecule has 0 spiro atoms. The first-order chi connectivity index (χ1) is 9.51. The molecule has 0 aliphatic rings. The summed E-state index contributed by atoms with van der Waals surface area (Å²) >= 11 is 1.72. The van der Waals surface area contributed by atoms with Gasteiger partial charge in [0, 0.05) is 4.90 Å². The van der Waals surface area contributed by atoms with Crippen molar-refractivity contribution in [3.8, 4) is 0 Å². The van der Waals surface area contributed by atoms with E-state index in [1.54, 1.807) is 11.8 Å². The number of hydrogen-bond donors (Lipinski definition) is 1. The summed E-state index contributed by atoms with van der Waals surface area (Å²) in [5.41, 5.74) is 0.977. The first kappa shape index (κ1) is 15.1. The second-order valence-corrected chi connectivity index (χ2v) is 6.33. The number of nitrogens with zero attached hydrogens (tertiary/aromatic N) is 2. The maximum absolute atomic E-state index is 5.36. The van der Waals surface area contributed by atoms with Gasteiger partial charge in [-0.1, -0.05) is 29.8 Å². The van der Waals surface area contributed by atoms with Crippen molar-refractivity contribution < 1.29 is 4.52 Å². The van der Waals surface area contributed by atoms with Gasteiger partial charge in [0.1, 0.15) is 0 Å². The van der Waals surface area contributed by atoms with Crippen molar-refractivity contribution in [2.24, 2.45) is 0 Å². The third-order valence-electron chi connectivity index (χ3n) is 2.98. The summed E-state index contributed by atoms with van der Waals surface area (Å²) in [6.07, 6.45) is 0. The zero-order valence-electron chi connectivity index (χ0n) is 12.4. The molecule has 1 aromatic carbocycles. The highest BCUT2D eigenvalue weighted by molar-refractivity contribution is 7.98. The first-order valence-electron chi connectivity index (χ1n) is 6.79. The molecule has 4 nitrogen and oxygen atoms in total. The Morgan fingerprint density at radius 2 is 2.15 bits per heavy atom. The van der Waals surface area contributed by atoms with E-state index in [1.807, 2.05) is 13.8 Å². The quantitative estimate of drug-likeness (QED) is 0.825. The molecule has 0 atom stereocenters. The van der Waals surface area contributed by atoms with Crippen molar-refractivity contribution in [1.82, 2.24) is 15.5 Å². The highest BCUT2D eigenvalue weighted by Crippen LogP contribution is 2.24. The van der Waals surface area contributed by atoms with E-state index in [0.29, 0.717) is 5.89 Å². The van der Waals surface area contributed by atoms with E-state index in [9.17, 15) is 0 Å². The van der Waals surface area contributed by atoms with E-state index >= 15 is 0 Å². The highest BCUT2D eigenvalue weighted by atomic mass is 32.2. The summed E-state index contributed by atoms with van der Waals surface area (Å²) in [7, 11) is 0. The van der Waals surface area contributed by atoms with Crippen LogP contribution in [-0.2, 0) is 11.3 Å². The minimum absolute atomic E-state index is 0.284. The zero-order chi connectivity index (χ0) is 14.6. The van der Waals surface area contributed by atoms with E-state index in [1.165, 1.54) is 10.5 Å². The van der Waals surface area contributed by atoms with Gasteiger partial charge in [-0.15, -0.1) is 11.8 Å². The standard InChI is InChI=1S/C15H21N3OS/c1-5-16-15(3,4)14-17-13(18-19-14)10-20-12-8-6-7-11(2)9-12/h6-9,16H,5,10H2,1-4H3. The molecule has 0 amide bonds. The van der Waals surface area contributed by atoms with Crippen molar-refractivity contribution in [3.05, 3.63) is 41.5 Å². The zero-order valence-corrected chi connectivity index (χ0v) is 13.3. The fourth-order valence-electron chi connectivity index (χ4n) is 1.94. The molecule has 0 fully saturated rings. The van der Waals surface area contributed by atoms with Gasteiger partial charge in [-0.3, -0.25) is 0 Å². The van der Waals surface area contributed by atoms with Gasteiger partial charge < -0.3 is 9.84 Å². The van der Waals surface area contributed by atoms with E-state index in [-0.39, 0.29) is 5.54 Å². The normalized spacial score (nSPS) is 11.8. The first-order valence-corrected chi connectivity index (χ1v) is 7.77. The van der Waals surface area contributed by atoms with Crippen molar-refractivity contribution in [2.75, 3.05) is 6.54 Å². The van der Waals surface area contributed by atoms with Gasteiger partial charge in [0.25, 0.3) is 0 Å². The van der Waals surface area contributed by atoms with Crippen molar-refractivity contribution in [2.45, 2.75) is 43.9 Å². The van der Waals surface area contributed by atoms with E-state index in [4.69, 9.17) is 4.52 Å². The summed E-state index contributed by atoms with van der Waals surface area (Å²) in [4.78, 5) is 5.70. The third-order valence-corrected chi connectivity index (χ3v) is 3.97. The van der Waals surface area contributed by atoms with Crippen LogP contribution in [0.1, 0.15) is 38.0 Å². The molecule has 108 valence electrons.